The van der Waals surface area contributed by atoms with Gasteiger partial charge in [0.1, 0.15) is 5.69 Å². The molecule has 12 heteroatoms. The average Bonchev–Trinajstić information content (AvgIpc) is 2.70. The van der Waals surface area contributed by atoms with Gasteiger partial charge in [-0.25, -0.2) is 0 Å². The molecular formula is C19H12N4Na2O6. The molecule has 0 amide bonds. The summed E-state index contributed by atoms with van der Waals surface area (Å²) in [6, 6.07) is 14.6. The maximum atomic E-state index is 11.4. The van der Waals surface area contributed by atoms with Crippen LogP contribution in [0.5, 0.6) is 11.5 Å². The molecule has 1 N–H and O–H groups in total. The van der Waals surface area contributed by atoms with Crippen molar-refractivity contribution < 1.29 is 79.2 Å². The summed E-state index contributed by atoms with van der Waals surface area (Å²) in [5, 5.41) is 49.1. The number of nitrogens with zero attached hydrogens (tertiary/aromatic N) is 3. The van der Waals surface area contributed by atoms with Crippen LogP contribution in [-0.4, -0.2) is 15.6 Å². The number of nitro benzene ring substituents is 2. The Balaban J connectivity index is 0.00000240. The number of hydrazone groups is 1. The number of hydrogen-bond acceptors (Lipinski definition) is 8. The Bertz CT molecular complexity index is 1060. The first kappa shape index (κ1) is 26.6. The van der Waals surface area contributed by atoms with Gasteiger partial charge < -0.3 is 10.2 Å². The number of benzene rings is 3. The molecule has 0 saturated heterocycles. The minimum Gasteiger partial charge on any atom is -0.872 e. The van der Waals surface area contributed by atoms with Crippen molar-refractivity contribution in [2.75, 3.05) is 5.43 Å². The van der Waals surface area contributed by atoms with E-state index >= 15 is 0 Å². The minimum atomic E-state index is -0.761. The molecule has 0 saturated carbocycles. The molecule has 0 unspecified atom stereocenters. The molecule has 3 aromatic carbocycles. The molecule has 0 aliphatic carbocycles. The fraction of sp³-hybridized carbons (Fsp3) is 0. The van der Waals surface area contributed by atoms with Gasteiger partial charge in [-0.2, -0.15) is 5.10 Å². The van der Waals surface area contributed by atoms with Crippen LogP contribution in [0.1, 0.15) is 11.1 Å². The molecule has 0 fully saturated rings. The van der Waals surface area contributed by atoms with Gasteiger partial charge in [-0.3, -0.25) is 25.7 Å². The van der Waals surface area contributed by atoms with E-state index in [1.165, 1.54) is 54.6 Å². The summed E-state index contributed by atoms with van der Waals surface area (Å²) in [4.78, 5) is 20.6. The second-order valence-corrected chi connectivity index (χ2v) is 5.84. The summed E-state index contributed by atoms with van der Waals surface area (Å²) in [5.41, 5.74) is 2.92. The van der Waals surface area contributed by atoms with Crippen molar-refractivity contribution in [3.63, 3.8) is 0 Å². The van der Waals surface area contributed by atoms with Crippen LogP contribution in [-0.2, 0) is 0 Å². The number of nitro groups is 2. The molecule has 0 radical (unpaired) electrons. The number of rotatable bonds is 6. The maximum absolute atomic E-state index is 11.4. The molecule has 0 aliphatic rings. The van der Waals surface area contributed by atoms with E-state index in [2.05, 4.69) is 10.5 Å². The maximum Gasteiger partial charge on any atom is 1.00 e. The zero-order valence-electron chi connectivity index (χ0n) is 16.6. The van der Waals surface area contributed by atoms with Crippen molar-refractivity contribution in [1.82, 2.24) is 0 Å². The Morgan fingerprint density at radius 1 is 0.742 bits per heavy atom. The first-order valence-electron chi connectivity index (χ1n) is 8.16. The first-order chi connectivity index (χ1) is 13.8. The molecule has 31 heavy (non-hydrogen) atoms. The van der Waals surface area contributed by atoms with Gasteiger partial charge in [0, 0.05) is 17.2 Å². The summed E-state index contributed by atoms with van der Waals surface area (Å²) in [6.45, 7) is 0. The smallest absolute Gasteiger partial charge is 0.872 e. The SMILES string of the molecule is O=[N+]([O-])c1ccc(NN=C(c2ccc([O-])cc2)c2ccc([O-])cc2)c([N+](=O)[O-])c1.[Na+].[Na+]. The predicted octanol–water partition coefficient (Wildman–Crippen LogP) is -3.48. The molecule has 3 aromatic rings. The molecule has 3 rings (SSSR count). The van der Waals surface area contributed by atoms with E-state index in [1.807, 2.05) is 0 Å². The Hall–Kier alpha value is -2.47. The third-order valence-corrected chi connectivity index (χ3v) is 3.93. The van der Waals surface area contributed by atoms with E-state index in [4.69, 9.17) is 0 Å². The van der Waals surface area contributed by atoms with Gasteiger partial charge in [-0.1, -0.05) is 48.5 Å². The molecule has 146 valence electrons. The predicted molar refractivity (Wildman–Crippen MR) is 101 cm³/mol. The van der Waals surface area contributed by atoms with Crippen molar-refractivity contribution >= 4 is 22.8 Å². The zero-order valence-corrected chi connectivity index (χ0v) is 20.6. The van der Waals surface area contributed by atoms with E-state index in [-0.39, 0.29) is 76.3 Å². The largest absolute Gasteiger partial charge is 1.00 e. The number of hydrogen-bond donors (Lipinski definition) is 1. The van der Waals surface area contributed by atoms with Gasteiger partial charge in [0.2, 0.25) is 0 Å². The molecular weight excluding hydrogens is 426 g/mol. The molecule has 0 atom stereocenters. The molecule has 0 aromatic heterocycles. The van der Waals surface area contributed by atoms with Gasteiger partial charge >= 0.3 is 64.8 Å². The second kappa shape index (κ2) is 11.8. The molecule has 10 nitrogen and oxygen atoms in total. The number of non-ortho nitro benzene ring substituents is 1. The topological polar surface area (TPSA) is 157 Å². The Morgan fingerprint density at radius 2 is 1.23 bits per heavy atom. The molecule has 0 heterocycles. The summed E-state index contributed by atoms with van der Waals surface area (Å²) in [5.74, 6) is -0.413. The standard InChI is InChI=1S/C19H14N4O6.2Na/c24-15-6-1-12(2-7-15)19(13-3-8-16(25)9-4-13)21-20-17-10-5-14(22(26)27)11-18(17)23(28)29;;/h1-11,20,24-25H;;/q;2*+1/p-2. The van der Waals surface area contributed by atoms with Gasteiger partial charge in [-0.05, 0) is 6.07 Å². The summed E-state index contributed by atoms with van der Waals surface area (Å²) in [6.07, 6.45) is 0. The van der Waals surface area contributed by atoms with Crippen molar-refractivity contribution in [3.8, 4) is 11.5 Å². The van der Waals surface area contributed by atoms with E-state index in [9.17, 15) is 30.4 Å². The van der Waals surface area contributed by atoms with Crippen LogP contribution in [0.2, 0.25) is 0 Å². The monoisotopic (exact) mass is 438 g/mol. The van der Waals surface area contributed by atoms with Crippen molar-refractivity contribution in [1.29, 1.82) is 0 Å². The van der Waals surface area contributed by atoms with Crippen LogP contribution < -0.4 is 74.8 Å². The van der Waals surface area contributed by atoms with E-state index in [0.717, 1.165) is 12.1 Å². The van der Waals surface area contributed by atoms with E-state index in [0.29, 0.717) is 16.8 Å². The third kappa shape index (κ3) is 6.76. The van der Waals surface area contributed by atoms with Crippen LogP contribution in [0.15, 0.2) is 71.8 Å². The van der Waals surface area contributed by atoms with Gasteiger partial charge in [0.15, 0.2) is 0 Å². The number of anilines is 1. The van der Waals surface area contributed by atoms with Crippen LogP contribution in [0.25, 0.3) is 0 Å². The molecule has 0 bridgehead atoms. The van der Waals surface area contributed by atoms with Crippen molar-refractivity contribution in [2.24, 2.45) is 5.10 Å². The van der Waals surface area contributed by atoms with Crippen LogP contribution in [0.4, 0.5) is 17.1 Å². The number of nitrogens with one attached hydrogen (secondary N) is 1. The fourth-order valence-electron chi connectivity index (χ4n) is 2.52. The summed E-state index contributed by atoms with van der Waals surface area (Å²) in [7, 11) is 0. The summed E-state index contributed by atoms with van der Waals surface area (Å²) < 4.78 is 0. The van der Waals surface area contributed by atoms with Gasteiger partial charge in [0.25, 0.3) is 5.69 Å². The van der Waals surface area contributed by atoms with Crippen LogP contribution >= 0.6 is 0 Å². The first-order valence-corrected chi connectivity index (χ1v) is 8.16. The normalized spacial score (nSPS) is 9.55. The van der Waals surface area contributed by atoms with E-state index < -0.39 is 21.2 Å². The van der Waals surface area contributed by atoms with Gasteiger partial charge in [-0.15, -0.1) is 11.5 Å². The van der Waals surface area contributed by atoms with Gasteiger partial charge in [0.05, 0.1) is 21.6 Å². The Kier molecular flexibility index (Phi) is 10.1. The quantitative estimate of drug-likeness (QED) is 0.181. The van der Waals surface area contributed by atoms with Crippen LogP contribution in [0, 0.1) is 20.2 Å². The Labute approximate surface area is 220 Å². The molecule has 0 spiro atoms. The Morgan fingerprint density at radius 3 is 1.65 bits per heavy atom. The summed E-state index contributed by atoms with van der Waals surface area (Å²) >= 11 is 0. The van der Waals surface area contributed by atoms with Crippen molar-refractivity contribution in [2.45, 2.75) is 0 Å². The van der Waals surface area contributed by atoms with E-state index in [1.54, 1.807) is 0 Å². The molecule has 0 aliphatic heterocycles. The minimum absolute atomic E-state index is 0. The van der Waals surface area contributed by atoms with Crippen LogP contribution in [0.3, 0.4) is 0 Å². The third-order valence-electron chi connectivity index (χ3n) is 3.93. The second-order valence-electron chi connectivity index (χ2n) is 5.84. The zero-order chi connectivity index (χ0) is 21.0. The average molecular weight is 438 g/mol. The van der Waals surface area contributed by atoms with Crippen molar-refractivity contribution in [3.05, 3.63) is 98.1 Å². The fourth-order valence-corrected chi connectivity index (χ4v) is 2.52.